The van der Waals surface area contributed by atoms with Crippen molar-refractivity contribution in [3.63, 3.8) is 0 Å². The van der Waals surface area contributed by atoms with Crippen LogP contribution in [0.4, 0.5) is 10.5 Å². The summed E-state index contributed by atoms with van der Waals surface area (Å²) < 4.78 is 1.92. The predicted molar refractivity (Wildman–Crippen MR) is 103 cm³/mol. The Morgan fingerprint density at radius 2 is 1.85 bits per heavy atom. The molecule has 1 aromatic carbocycles. The van der Waals surface area contributed by atoms with Gasteiger partial charge in [-0.05, 0) is 70.5 Å². The summed E-state index contributed by atoms with van der Waals surface area (Å²) in [5.74, 6) is 0. The third-order valence-corrected chi connectivity index (χ3v) is 5.81. The molecule has 26 heavy (non-hydrogen) atoms. The van der Waals surface area contributed by atoms with Crippen molar-refractivity contribution in [1.82, 2.24) is 19.6 Å². The number of fused-ring (bicyclic) bond motifs is 2. The lowest BCUT2D eigenvalue weighted by Gasteiger charge is -2.26. The molecule has 2 aliphatic heterocycles. The Bertz CT molecular complexity index is 797. The van der Waals surface area contributed by atoms with E-state index >= 15 is 0 Å². The van der Waals surface area contributed by atoms with Crippen molar-refractivity contribution in [3.8, 4) is 5.69 Å². The van der Waals surface area contributed by atoms with Gasteiger partial charge < -0.3 is 10.2 Å². The van der Waals surface area contributed by atoms with Gasteiger partial charge in [0.2, 0.25) is 0 Å². The molecular formula is C20H27N5O. The maximum Gasteiger partial charge on any atom is 0.321 e. The van der Waals surface area contributed by atoms with E-state index in [4.69, 9.17) is 0 Å². The lowest BCUT2D eigenvalue weighted by Crippen LogP contribution is -2.41. The number of anilines is 1. The van der Waals surface area contributed by atoms with E-state index in [1.54, 1.807) is 0 Å². The van der Waals surface area contributed by atoms with Crippen molar-refractivity contribution in [1.29, 1.82) is 0 Å². The van der Waals surface area contributed by atoms with Gasteiger partial charge in [-0.15, -0.1) is 0 Å². The Kier molecular flexibility index (Phi) is 4.44. The number of carbonyl (C=O) groups is 1. The lowest BCUT2D eigenvalue weighted by molar-refractivity contribution is 0.200. The number of urea groups is 1. The number of likely N-dealkylation sites (tertiary alicyclic amines) is 1. The molecule has 0 unspecified atom stereocenters. The van der Waals surface area contributed by atoms with Crippen LogP contribution < -0.4 is 5.32 Å². The van der Waals surface area contributed by atoms with Gasteiger partial charge in [-0.1, -0.05) is 0 Å². The number of likely N-dealkylation sites (N-methyl/N-ethyl adjacent to an activating group) is 1. The van der Waals surface area contributed by atoms with Crippen molar-refractivity contribution in [3.05, 3.63) is 41.7 Å². The smallest absolute Gasteiger partial charge is 0.321 e. The minimum atomic E-state index is 0.00446. The zero-order valence-corrected chi connectivity index (χ0v) is 15.8. The largest absolute Gasteiger partial charge is 0.323 e. The van der Waals surface area contributed by atoms with Crippen molar-refractivity contribution in [2.75, 3.05) is 25.5 Å². The second-order valence-corrected chi connectivity index (χ2v) is 7.60. The van der Waals surface area contributed by atoms with Gasteiger partial charge in [-0.2, -0.15) is 5.10 Å². The lowest BCUT2D eigenvalue weighted by atomic mass is 10.1. The first-order valence-electron chi connectivity index (χ1n) is 9.43. The first-order valence-corrected chi connectivity index (χ1v) is 9.43. The standard InChI is InChI=1S/C20H27N5O/c1-14-12-15(2)25(22-14)18-6-4-16(5-7-18)21-20(26)24-11-10-17-8-9-19(13-24)23(17)3/h4-7,12,17,19H,8-11,13H2,1-3H3,(H,21,26)/t17-,19+/m0/s1. The Labute approximate surface area is 154 Å². The summed E-state index contributed by atoms with van der Waals surface area (Å²) in [7, 11) is 2.20. The van der Waals surface area contributed by atoms with Crippen LogP contribution in [-0.2, 0) is 0 Å². The van der Waals surface area contributed by atoms with Gasteiger partial charge in [0.1, 0.15) is 0 Å². The summed E-state index contributed by atoms with van der Waals surface area (Å²) in [5.41, 5.74) is 3.92. The number of hydrogen-bond donors (Lipinski definition) is 1. The first kappa shape index (κ1) is 17.1. The first-order chi connectivity index (χ1) is 12.5. The average molecular weight is 353 g/mol. The van der Waals surface area contributed by atoms with Gasteiger partial charge in [-0.25, -0.2) is 9.48 Å². The molecule has 6 nitrogen and oxygen atoms in total. The van der Waals surface area contributed by atoms with Crippen molar-refractivity contribution < 1.29 is 4.79 Å². The monoisotopic (exact) mass is 353 g/mol. The summed E-state index contributed by atoms with van der Waals surface area (Å²) in [6.45, 7) is 5.69. The normalized spacial score (nSPS) is 23.1. The van der Waals surface area contributed by atoms with Crippen LogP contribution in [0.15, 0.2) is 30.3 Å². The second-order valence-electron chi connectivity index (χ2n) is 7.60. The number of aryl methyl sites for hydroxylation is 2. The quantitative estimate of drug-likeness (QED) is 0.902. The molecule has 2 saturated heterocycles. The molecule has 2 aliphatic rings. The maximum atomic E-state index is 12.7. The van der Waals surface area contributed by atoms with Gasteiger partial charge in [0, 0.05) is 36.6 Å². The highest BCUT2D eigenvalue weighted by molar-refractivity contribution is 5.89. The van der Waals surface area contributed by atoms with E-state index in [-0.39, 0.29) is 6.03 Å². The van der Waals surface area contributed by atoms with E-state index in [0.717, 1.165) is 42.3 Å². The van der Waals surface area contributed by atoms with Gasteiger partial charge in [0.25, 0.3) is 0 Å². The fourth-order valence-electron chi connectivity index (χ4n) is 4.27. The number of nitrogens with zero attached hydrogens (tertiary/aromatic N) is 4. The van der Waals surface area contributed by atoms with Crippen LogP contribution in [0.3, 0.4) is 0 Å². The third kappa shape index (κ3) is 3.21. The third-order valence-electron chi connectivity index (χ3n) is 5.81. The Balaban J connectivity index is 1.42. The Morgan fingerprint density at radius 3 is 2.54 bits per heavy atom. The van der Waals surface area contributed by atoms with E-state index in [2.05, 4.69) is 28.4 Å². The molecular weight excluding hydrogens is 326 g/mol. The molecule has 1 aromatic heterocycles. The molecule has 0 saturated carbocycles. The van der Waals surface area contributed by atoms with Crippen LogP contribution in [-0.4, -0.2) is 57.8 Å². The van der Waals surface area contributed by atoms with Gasteiger partial charge in [0.05, 0.1) is 11.4 Å². The predicted octanol–water partition coefficient (Wildman–Crippen LogP) is 3.19. The van der Waals surface area contributed by atoms with Crippen LogP contribution in [0.1, 0.15) is 30.7 Å². The molecule has 1 N–H and O–H groups in total. The van der Waals surface area contributed by atoms with Crippen LogP contribution in [0.2, 0.25) is 0 Å². The summed E-state index contributed by atoms with van der Waals surface area (Å²) in [6.07, 6.45) is 3.53. The van der Waals surface area contributed by atoms with Crippen molar-refractivity contribution >= 4 is 11.7 Å². The molecule has 3 heterocycles. The molecule has 4 rings (SSSR count). The van der Waals surface area contributed by atoms with Crippen molar-refractivity contribution in [2.45, 2.75) is 45.2 Å². The van der Waals surface area contributed by atoms with Gasteiger partial charge in [0.15, 0.2) is 0 Å². The highest BCUT2D eigenvalue weighted by Gasteiger charge is 2.35. The fraction of sp³-hybridized carbons (Fsp3) is 0.500. The molecule has 2 amide bonds. The second kappa shape index (κ2) is 6.76. The van der Waals surface area contributed by atoms with Crippen LogP contribution in [0, 0.1) is 13.8 Å². The number of benzene rings is 1. The summed E-state index contributed by atoms with van der Waals surface area (Å²) in [4.78, 5) is 17.1. The number of carbonyl (C=O) groups excluding carboxylic acids is 1. The zero-order valence-electron chi connectivity index (χ0n) is 15.8. The van der Waals surface area contributed by atoms with Crippen molar-refractivity contribution in [2.24, 2.45) is 0 Å². The van der Waals surface area contributed by atoms with E-state index < -0.39 is 0 Å². The average Bonchev–Trinajstić information content (AvgIpc) is 3.06. The van der Waals surface area contributed by atoms with E-state index in [1.165, 1.54) is 12.8 Å². The van der Waals surface area contributed by atoms with Crippen LogP contribution >= 0.6 is 0 Å². The number of aromatic nitrogens is 2. The highest BCUT2D eigenvalue weighted by Crippen LogP contribution is 2.28. The minimum Gasteiger partial charge on any atom is -0.323 e. The summed E-state index contributed by atoms with van der Waals surface area (Å²) in [5, 5.41) is 7.55. The van der Waals surface area contributed by atoms with E-state index in [9.17, 15) is 4.79 Å². The number of nitrogens with one attached hydrogen (secondary N) is 1. The Morgan fingerprint density at radius 1 is 1.12 bits per heavy atom. The number of amides is 2. The molecule has 2 aromatic rings. The maximum absolute atomic E-state index is 12.7. The number of hydrogen-bond acceptors (Lipinski definition) is 3. The fourth-order valence-corrected chi connectivity index (χ4v) is 4.27. The molecule has 0 spiro atoms. The molecule has 0 radical (unpaired) electrons. The van der Waals surface area contributed by atoms with Crippen LogP contribution in [0.5, 0.6) is 0 Å². The van der Waals surface area contributed by atoms with E-state index in [1.807, 2.05) is 47.7 Å². The molecule has 0 aliphatic carbocycles. The van der Waals surface area contributed by atoms with Gasteiger partial charge >= 0.3 is 6.03 Å². The zero-order chi connectivity index (χ0) is 18.3. The molecule has 138 valence electrons. The van der Waals surface area contributed by atoms with Crippen LogP contribution in [0.25, 0.3) is 5.69 Å². The minimum absolute atomic E-state index is 0.00446. The highest BCUT2D eigenvalue weighted by atomic mass is 16.2. The molecule has 2 fully saturated rings. The SMILES string of the molecule is Cc1cc(C)n(-c2ccc(NC(=O)N3CC[C@@H]4CC[C@H](C3)N4C)cc2)n1. The van der Waals surface area contributed by atoms with E-state index in [0.29, 0.717) is 12.1 Å². The summed E-state index contributed by atoms with van der Waals surface area (Å²) >= 11 is 0. The summed E-state index contributed by atoms with van der Waals surface area (Å²) in [6, 6.07) is 11.1. The molecule has 2 atom stereocenters. The van der Waals surface area contributed by atoms with Gasteiger partial charge in [-0.3, -0.25) is 4.90 Å². The molecule has 6 heteroatoms. The number of rotatable bonds is 2. The Hall–Kier alpha value is -2.34. The topological polar surface area (TPSA) is 53.4 Å². The molecule has 2 bridgehead atoms.